The van der Waals surface area contributed by atoms with Crippen molar-refractivity contribution >= 4 is 15.8 Å². The SMILES string of the molecule is Cc1cncnc1N1CCN(S(=O)(=O)c2cccnc2)CC1. The minimum Gasteiger partial charge on any atom is -0.354 e. The molecule has 2 aromatic heterocycles. The van der Waals surface area contributed by atoms with Crippen LogP contribution in [-0.2, 0) is 10.0 Å². The lowest BCUT2D eigenvalue weighted by molar-refractivity contribution is 0.383. The maximum atomic E-state index is 12.5. The van der Waals surface area contributed by atoms with Gasteiger partial charge >= 0.3 is 0 Å². The second-order valence-corrected chi connectivity index (χ2v) is 7.05. The average molecular weight is 319 g/mol. The van der Waals surface area contributed by atoms with Crippen LogP contribution in [0.4, 0.5) is 5.82 Å². The predicted molar refractivity (Wildman–Crippen MR) is 82.0 cm³/mol. The van der Waals surface area contributed by atoms with E-state index in [1.807, 2.05) is 6.92 Å². The van der Waals surface area contributed by atoms with Crippen molar-refractivity contribution in [1.29, 1.82) is 0 Å². The van der Waals surface area contributed by atoms with Gasteiger partial charge < -0.3 is 4.90 Å². The van der Waals surface area contributed by atoms with Gasteiger partial charge in [-0.2, -0.15) is 4.31 Å². The maximum absolute atomic E-state index is 12.5. The monoisotopic (exact) mass is 319 g/mol. The van der Waals surface area contributed by atoms with E-state index in [1.165, 1.54) is 16.8 Å². The van der Waals surface area contributed by atoms with E-state index in [0.29, 0.717) is 26.2 Å². The number of hydrogen-bond donors (Lipinski definition) is 0. The maximum Gasteiger partial charge on any atom is 0.244 e. The first-order chi connectivity index (χ1) is 10.6. The van der Waals surface area contributed by atoms with Crippen molar-refractivity contribution in [2.75, 3.05) is 31.1 Å². The van der Waals surface area contributed by atoms with Crippen LogP contribution in [0.15, 0.2) is 41.9 Å². The molecule has 3 heterocycles. The second kappa shape index (κ2) is 5.98. The van der Waals surface area contributed by atoms with Crippen molar-refractivity contribution in [3.63, 3.8) is 0 Å². The van der Waals surface area contributed by atoms with E-state index in [4.69, 9.17) is 0 Å². The van der Waals surface area contributed by atoms with Gasteiger partial charge in [-0.25, -0.2) is 18.4 Å². The quantitative estimate of drug-likeness (QED) is 0.828. The lowest BCUT2D eigenvalue weighted by Gasteiger charge is -2.35. The molecule has 0 unspecified atom stereocenters. The number of nitrogens with zero attached hydrogens (tertiary/aromatic N) is 5. The summed E-state index contributed by atoms with van der Waals surface area (Å²) < 4.78 is 26.6. The number of piperazine rings is 1. The molecule has 0 spiro atoms. The van der Waals surface area contributed by atoms with E-state index in [9.17, 15) is 8.42 Å². The lowest BCUT2D eigenvalue weighted by atomic mass is 10.3. The topological polar surface area (TPSA) is 79.3 Å². The molecular formula is C14H17N5O2S. The molecule has 0 aliphatic carbocycles. The second-order valence-electron chi connectivity index (χ2n) is 5.11. The van der Waals surface area contributed by atoms with Crippen LogP contribution in [0.25, 0.3) is 0 Å². The third kappa shape index (κ3) is 2.79. The molecule has 0 radical (unpaired) electrons. The Kier molecular flexibility index (Phi) is 4.04. The molecule has 2 aromatic rings. The highest BCUT2D eigenvalue weighted by atomic mass is 32.2. The summed E-state index contributed by atoms with van der Waals surface area (Å²) >= 11 is 0. The van der Waals surface area contributed by atoms with Gasteiger partial charge in [-0.3, -0.25) is 4.98 Å². The van der Waals surface area contributed by atoms with Gasteiger partial charge in [0.2, 0.25) is 10.0 Å². The highest BCUT2D eigenvalue weighted by Crippen LogP contribution is 2.20. The summed E-state index contributed by atoms with van der Waals surface area (Å²) in [5, 5.41) is 0. The summed E-state index contributed by atoms with van der Waals surface area (Å²) in [5.74, 6) is 0.869. The van der Waals surface area contributed by atoms with E-state index in [-0.39, 0.29) is 4.90 Å². The van der Waals surface area contributed by atoms with Crippen LogP contribution in [0.2, 0.25) is 0 Å². The lowest BCUT2D eigenvalue weighted by Crippen LogP contribution is -2.49. The molecule has 0 atom stereocenters. The highest BCUT2D eigenvalue weighted by molar-refractivity contribution is 7.89. The Morgan fingerprint density at radius 3 is 2.50 bits per heavy atom. The van der Waals surface area contributed by atoms with Gasteiger partial charge in [0.05, 0.1) is 0 Å². The summed E-state index contributed by atoms with van der Waals surface area (Å²) in [5.41, 5.74) is 0.992. The van der Waals surface area contributed by atoms with E-state index in [2.05, 4.69) is 19.9 Å². The molecule has 22 heavy (non-hydrogen) atoms. The zero-order valence-corrected chi connectivity index (χ0v) is 13.1. The number of aryl methyl sites for hydroxylation is 1. The average Bonchev–Trinajstić information content (AvgIpc) is 2.56. The molecule has 1 saturated heterocycles. The van der Waals surface area contributed by atoms with Crippen molar-refractivity contribution in [2.45, 2.75) is 11.8 Å². The van der Waals surface area contributed by atoms with E-state index in [0.717, 1.165) is 11.4 Å². The molecule has 7 nitrogen and oxygen atoms in total. The summed E-state index contributed by atoms with van der Waals surface area (Å²) in [6.07, 6.45) is 6.23. The Morgan fingerprint density at radius 1 is 1.09 bits per heavy atom. The number of rotatable bonds is 3. The van der Waals surface area contributed by atoms with Crippen molar-refractivity contribution in [3.8, 4) is 0 Å². The molecule has 1 aliphatic heterocycles. The van der Waals surface area contributed by atoms with Crippen molar-refractivity contribution in [2.24, 2.45) is 0 Å². The van der Waals surface area contributed by atoms with Crippen molar-refractivity contribution in [3.05, 3.63) is 42.6 Å². The van der Waals surface area contributed by atoms with Gasteiger partial charge in [0.25, 0.3) is 0 Å². The summed E-state index contributed by atoms with van der Waals surface area (Å²) in [4.78, 5) is 14.5. The van der Waals surface area contributed by atoms with Gasteiger partial charge in [0, 0.05) is 50.3 Å². The molecule has 0 saturated carbocycles. The summed E-state index contributed by atoms with van der Waals surface area (Å²) in [6, 6.07) is 3.21. The smallest absolute Gasteiger partial charge is 0.244 e. The Balaban J connectivity index is 1.74. The number of anilines is 1. The Labute approximate surface area is 129 Å². The van der Waals surface area contributed by atoms with E-state index < -0.39 is 10.0 Å². The first-order valence-corrected chi connectivity index (χ1v) is 8.45. The number of sulfonamides is 1. The van der Waals surface area contributed by atoms with Crippen LogP contribution in [-0.4, -0.2) is 53.9 Å². The van der Waals surface area contributed by atoms with Gasteiger partial charge in [0.15, 0.2) is 0 Å². The zero-order valence-electron chi connectivity index (χ0n) is 12.3. The molecule has 116 valence electrons. The minimum absolute atomic E-state index is 0.238. The summed E-state index contributed by atoms with van der Waals surface area (Å²) in [6.45, 7) is 4.03. The fraction of sp³-hybridized carbons (Fsp3) is 0.357. The van der Waals surface area contributed by atoms with Crippen LogP contribution in [0, 0.1) is 6.92 Å². The van der Waals surface area contributed by atoms with Gasteiger partial charge in [-0.15, -0.1) is 0 Å². The van der Waals surface area contributed by atoms with E-state index in [1.54, 1.807) is 24.5 Å². The van der Waals surface area contributed by atoms with Crippen LogP contribution < -0.4 is 4.90 Å². The van der Waals surface area contributed by atoms with E-state index >= 15 is 0 Å². The molecule has 3 rings (SSSR count). The molecule has 1 fully saturated rings. The standard InChI is InChI=1S/C14H17N5O2S/c1-12-9-16-11-17-14(12)18-5-7-19(8-6-18)22(20,21)13-3-2-4-15-10-13/h2-4,9-11H,5-8H2,1H3. The number of pyridine rings is 1. The molecule has 1 aliphatic rings. The minimum atomic E-state index is -3.47. The molecular weight excluding hydrogens is 302 g/mol. The Bertz CT molecular complexity index is 743. The third-order valence-electron chi connectivity index (χ3n) is 3.68. The van der Waals surface area contributed by atoms with Crippen LogP contribution in [0.1, 0.15) is 5.56 Å². The molecule has 0 amide bonds. The normalized spacial score (nSPS) is 16.7. The largest absolute Gasteiger partial charge is 0.354 e. The molecule has 8 heteroatoms. The van der Waals surface area contributed by atoms with Gasteiger partial charge in [-0.05, 0) is 19.1 Å². The van der Waals surface area contributed by atoms with Crippen LogP contribution in [0.5, 0.6) is 0 Å². The first kappa shape index (κ1) is 14.9. The van der Waals surface area contributed by atoms with Crippen LogP contribution >= 0.6 is 0 Å². The van der Waals surface area contributed by atoms with Crippen molar-refractivity contribution < 1.29 is 8.42 Å². The molecule has 0 bridgehead atoms. The zero-order chi connectivity index (χ0) is 15.6. The fourth-order valence-electron chi connectivity index (χ4n) is 2.51. The Morgan fingerprint density at radius 2 is 1.86 bits per heavy atom. The summed E-state index contributed by atoms with van der Waals surface area (Å²) in [7, 11) is -3.47. The first-order valence-electron chi connectivity index (χ1n) is 7.01. The number of aromatic nitrogens is 3. The molecule has 0 N–H and O–H groups in total. The van der Waals surface area contributed by atoms with Gasteiger partial charge in [-0.1, -0.05) is 0 Å². The highest BCUT2D eigenvalue weighted by Gasteiger charge is 2.29. The Hall–Kier alpha value is -2.06. The molecule has 0 aromatic carbocycles. The van der Waals surface area contributed by atoms with Crippen LogP contribution in [0.3, 0.4) is 0 Å². The van der Waals surface area contributed by atoms with Gasteiger partial charge in [0.1, 0.15) is 17.0 Å². The number of hydrogen-bond acceptors (Lipinski definition) is 6. The van der Waals surface area contributed by atoms with Crippen molar-refractivity contribution in [1.82, 2.24) is 19.3 Å². The third-order valence-corrected chi connectivity index (χ3v) is 5.56. The fourth-order valence-corrected chi connectivity index (χ4v) is 3.90. The predicted octanol–water partition coefficient (Wildman–Crippen LogP) is 0.691.